The van der Waals surface area contributed by atoms with Crippen molar-refractivity contribution in [1.82, 2.24) is 29.6 Å². The number of carbonyl (C=O) groups excluding carboxylic acids is 1. The number of hydrogen-bond donors (Lipinski definition) is 1. The Labute approximate surface area is 205 Å². The predicted octanol–water partition coefficient (Wildman–Crippen LogP) is 2.20. The van der Waals surface area contributed by atoms with Crippen LogP contribution in [0.1, 0.15) is 32.0 Å². The lowest BCUT2D eigenvalue weighted by atomic mass is 9.95. The number of rotatable bonds is 5. The van der Waals surface area contributed by atoms with Gasteiger partial charge in [0.15, 0.2) is 11.6 Å². The molecule has 3 aromatic rings. The van der Waals surface area contributed by atoms with Gasteiger partial charge in [-0.05, 0) is 46.4 Å². The van der Waals surface area contributed by atoms with Crippen molar-refractivity contribution in [3.05, 3.63) is 47.8 Å². The number of imidazole rings is 1. The summed E-state index contributed by atoms with van der Waals surface area (Å²) in [7, 11) is 2.10. The van der Waals surface area contributed by atoms with E-state index in [9.17, 15) is 9.18 Å². The minimum Gasteiger partial charge on any atom is -0.352 e. The van der Waals surface area contributed by atoms with Gasteiger partial charge < -0.3 is 24.4 Å². The van der Waals surface area contributed by atoms with Gasteiger partial charge in [-0.3, -0.25) is 4.79 Å². The van der Waals surface area contributed by atoms with Gasteiger partial charge >= 0.3 is 0 Å². The fraction of sp³-hybridized carbons (Fsp3) is 0.520. The molecule has 1 amide bonds. The summed E-state index contributed by atoms with van der Waals surface area (Å²) in [4.78, 5) is 32.5. The van der Waals surface area contributed by atoms with Gasteiger partial charge in [-0.2, -0.15) is 4.98 Å². The number of amides is 1. The molecule has 0 aromatic carbocycles. The average Bonchev–Trinajstić information content (AvgIpc) is 3.19. The number of fused-ring (bicyclic) bond motifs is 1. The summed E-state index contributed by atoms with van der Waals surface area (Å²) in [5, 5.41) is 3.17. The monoisotopic (exact) mass is 480 g/mol. The number of pyridine rings is 1. The van der Waals surface area contributed by atoms with Crippen LogP contribution in [-0.4, -0.2) is 76.0 Å². The van der Waals surface area contributed by atoms with E-state index in [1.807, 2.05) is 48.4 Å². The molecule has 1 atom stereocenters. The van der Waals surface area contributed by atoms with Crippen LogP contribution in [0.2, 0.25) is 0 Å². The zero-order valence-electron chi connectivity index (χ0n) is 21.0. The zero-order valence-corrected chi connectivity index (χ0v) is 21.0. The van der Waals surface area contributed by atoms with E-state index in [2.05, 4.69) is 44.0 Å². The highest BCUT2D eigenvalue weighted by Gasteiger charge is 2.38. The molecule has 2 fully saturated rings. The maximum absolute atomic E-state index is 14.6. The van der Waals surface area contributed by atoms with E-state index in [1.165, 1.54) is 6.20 Å². The van der Waals surface area contributed by atoms with Gasteiger partial charge in [0, 0.05) is 45.0 Å². The first-order valence-electron chi connectivity index (χ1n) is 12.1. The van der Waals surface area contributed by atoms with Gasteiger partial charge in [0.25, 0.3) is 0 Å². The Hall–Kier alpha value is -3.27. The second-order valence-electron chi connectivity index (χ2n) is 10.4. The minimum atomic E-state index is -0.615. The number of piperazine rings is 1. The van der Waals surface area contributed by atoms with Gasteiger partial charge in [0.05, 0.1) is 29.5 Å². The van der Waals surface area contributed by atoms with Crippen LogP contribution in [0.25, 0.3) is 5.65 Å². The van der Waals surface area contributed by atoms with Crippen molar-refractivity contribution in [3.8, 4) is 0 Å². The molecule has 0 spiro atoms. The van der Waals surface area contributed by atoms with Gasteiger partial charge in [-0.25, -0.2) is 14.4 Å². The Morgan fingerprint density at radius 1 is 1.11 bits per heavy atom. The van der Waals surface area contributed by atoms with Crippen molar-refractivity contribution in [3.63, 3.8) is 0 Å². The molecule has 2 aliphatic heterocycles. The molecule has 0 saturated carbocycles. The molecule has 1 unspecified atom stereocenters. The lowest BCUT2D eigenvalue weighted by Crippen LogP contribution is -2.57. The van der Waals surface area contributed by atoms with Crippen LogP contribution >= 0.6 is 0 Å². The van der Waals surface area contributed by atoms with Crippen molar-refractivity contribution in [2.24, 2.45) is 5.92 Å². The largest absolute Gasteiger partial charge is 0.352 e. The van der Waals surface area contributed by atoms with Gasteiger partial charge in [-0.1, -0.05) is 6.07 Å². The molecule has 9 nitrogen and oxygen atoms in total. The first kappa shape index (κ1) is 23.5. The van der Waals surface area contributed by atoms with Crippen LogP contribution < -0.4 is 15.1 Å². The summed E-state index contributed by atoms with van der Waals surface area (Å²) in [5.41, 5.74) is 2.25. The average molecular weight is 481 g/mol. The standard InChI is InChI=1S/C25H33FN8O/c1-16-6-7-21-27-11-20(34(21)12-16)25(3,4)30-23(35)18-14-33(15-18)22-19(26)10-28-24(29-22)32-9-8-31(5)17(2)13-32/h6-7,10-12,17-18H,8-9,13-15H2,1-5H3,(H,30,35). The lowest BCUT2D eigenvalue weighted by Gasteiger charge is -2.41. The van der Waals surface area contributed by atoms with E-state index >= 15 is 0 Å². The number of hydrogen-bond acceptors (Lipinski definition) is 7. The summed E-state index contributed by atoms with van der Waals surface area (Å²) >= 11 is 0. The maximum Gasteiger partial charge on any atom is 0.227 e. The lowest BCUT2D eigenvalue weighted by molar-refractivity contribution is -0.127. The van der Waals surface area contributed by atoms with Crippen LogP contribution in [0.3, 0.4) is 0 Å². The quantitative estimate of drug-likeness (QED) is 0.600. The minimum absolute atomic E-state index is 0.0589. The Morgan fingerprint density at radius 2 is 1.89 bits per heavy atom. The Balaban J connectivity index is 1.25. The molecule has 1 N–H and O–H groups in total. The summed E-state index contributed by atoms with van der Waals surface area (Å²) < 4.78 is 16.6. The third kappa shape index (κ3) is 4.42. The molecule has 3 aromatic heterocycles. The highest BCUT2D eigenvalue weighted by Crippen LogP contribution is 2.29. The highest BCUT2D eigenvalue weighted by atomic mass is 19.1. The van der Waals surface area contributed by atoms with Crippen molar-refractivity contribution < 1.29 is 9.18 Å². The summed E-state index contributed by atoms with van der Waals surface area (Å²) in [6.45, 7) is 11.5. The first-order valence-corrected chi connectivity index (χ1v) is 12.1. The third-order valence-corrected chi connectivity index (χ3v) is 7.24. The molecule has 2 aliphatic rings. The van der Waals surface area contributed by atoms with E-state index in [0.29, 0.717) is 25.1 Å². The van der Waals surface area contributed by atoms with Crippen LogP contribution in [0.5, 0.6) is 0 Å². The number of aryl methyl sites for hydroxylation is 1. The first-order chi connectivity index (χ1) is 16.6. The maximum atomic E-state index is 14.6. The van der Waals surface area contributed by atoms with Gasteiger partial charge in [0.2, 0.25) is 11.9 Å². The number of carbonyl (C=O) groups is 1. The normalized spacial score (nSPS) is 19.8. The second-order valence-corrected chi connectivity index (χ2v) is 10.4. The van der Waals surface area contributed by atoms with Crippen LogP contribution in [0, 0.1) is 18.7 Å². The molecule has 2 saturated heterocycles. The van der Waals surface area contributed by atoms with E-state index in [1.54, 1.807) is 6.20 Å². The van der Waals surface area contributed by atoms with Crippen molar-refractivity contribution >= 4 is 23.3 Å². The van der Waals surface area contributed by atoms with E-state index < -0.39 is 11.4 Å². The highest BCUT2D eigenvalue weighted by molar-refractivity contribution is 5.82. The topological polar surface area (TPSA) is 81.9 Å². The third-order valence-electron chi connectivity index (χ3n) is 7.24. The molecule has 0 aliphatic carbocycles. The second kappa shape index (κ2) is 8.75. The fourth-order valence-electron chi connectivity index (χ4n) is 4.79. The number of likely N-dealkylation sites (N-methyl/N-ethyl adjacent to an activating group) is 1. The Bertz CT molecular complexity index is 1250. The predicted molar refractivity (Wildman–Crippen MR) is 133 cm³/mol. The smallest absolute Gasteiger partial charge is 0.227 e. The molecular formula is C25H33FN8O. The number of nitrogens with zero attached hydrogens (tertiary/aromatic N) is 7. The molecule has 186 valence electrons. The number of anilines is 2. The van der Waals surface area contributed by atoms with Crippen molar-refractivity contribution in [2.75, 3.05) is 49.6 Å². The summed E-state index contributed by atoms with van der Waals surface area (Å²) in [5.74, 6) is 0.0461. The van der Waals surface area contributed by atoms with Gasteiger partial charge in [0.1, 0.15) is 5.65 Å². The number of aromatic nitrogens is 4. The van der Waals surface area contributed by atoms with Gasteiger partial charge in [-0.15, -0.1) is 0 Å². The van der Waals surface area contributed by atoms with Crippen LogP contribution in [-0.2, 0) is 10.3 Å². The van der Waals surface area contributed by atoms with Crippen LogP contribution in [0.4, 0.5) is 16.2 Å². The molecule has 5 rings (SSSR count). The van der Waals surface area contributed by atoms with Crippen molar-refractivity contribution in [1.29, 1.82) is 0 Å². The molecule has 35 heavy (non-hydrogen) atoms. The number of nitrogens with one attached hydrogen (secondary N) is 1. The molecule has 0 bridgehead atoms. The zero-order chi connectivity index (χ0) is 24.9. The van der Waals surface area contributed by atoms with Crippen LogP contribution in [0.15, 0.2) is 30.7 Å². The summed E-state index contributed by atoms with van der Waals surface area (Å²) in [6.07, 6.45) is 5.07. The molecular weight excluding hydrogens is 447 g/mol. The van der Waals surface area contributed by atoms with Crippen molar-refractivity contribution in [2.45, 2.75) is 39.3 Å². The Kier molecular flexibility index (Phi) is 5.86. The molecule has 10 heteroatoms. The Morgan fingerprint density at radius 3 is 2.63 bits per heavy atom. The SMILES string of the molecule is Cc1ccc2ncc(C(C)(C)NC(=O)C3CN(c4nc(N5CCN(C)C(C)C5)ncc4F)C3)n2c1. The molecule has 0 radical (unpaired) electrons. The van der Waals surface area contributed by atoms with E-state index in [4.69, 9.17) is 0 Å². The number of halogens is 1. The van der Waals surface area contributed by atoms with E-state index in [-0.39, 0.29) is 17.6 Å². The van der Waals surface area contributed by atoms with E-state index in [0.717, 1.165) is 36.5 Å². The molecule has 5 heterocycles. The fourth-order valence-corrected chi connectivity index (χ4v) is 4.79. The summed E-state index contributed by atoms with van der Waals surface area (Å²) in [6, 6.07) is 4.36.